The van der Waals surface area contributed by atoms with Crippen LogP contribution in [-0.4, -0.2) is 33.4 Å². The predicted octanol–water partition coefficient (Wildman–Crippen LogP) is 0.637. The summed E-state index contributed by atoms with van der Waals surface area (Å²) in [5, 5.41) is 0. The number of carbonyl (C=O) groups excluding carboxylic acids is 2. The molecule has 16 heavy (non-hydrogen) atoms. The van der Waals surface area contributed by atoms with Crippen LogP contribution in [0.3, 0.4) is 0 Å². The molecule has 0 atom stereocenters. The summed E-state index contributed by atoms with van der Waals surface area (Å²) in [5.74, 6) is -0.956. The minimum absolute atomic E-state index is 0.332. The molecule has 83 valence electrons. The molecule has 0 fully saturated rings. The number of rotatable bonds is 3. The third kappa shape index (κ3) is 2.62. The number of benzene rings is 1. The van der Waals surface area contributed by atoms with Crippen LogP contribution in [0.4, 0.5) is 0 Å². The van der Waals surface area contributed by atoms with E-state index in [1.54, 1.807) is 19.4 Å². The van der Waals surface area contributed by atoms with Crippen molar-refractivity contribution in [2.24, 2.45) is 0 Å². The van der Waals surface area contributed by atoms with Crippen molar-refractivity contribution in [2.45, 2.75) is 6.82 Å². The van der Waals surface area contributed by atoms with Crippen LogP contribution < -0.4 is 5.46 Å². The molecule has 1 aromatic carbocycles. The van der Waals surface area contributed by atoms with Gasteiger partial charge in [0.15, 0.2) is 0 Å². The van der Waals surface area contributed by atoms with Crippen LogP contribution in [0.25, 0.3) is 0 Å². The lowest BCUT2D eigenvalue weighted by atomic mass is 9.72. The molecule has 0 unspecified atom stereocenters. The number of esters is 2. The van der Waals surface area contributed by atoms with E-state index in [-0.39, 0.29) is 0 Å². The Morgan fingerprint density at radius 2 is 1.44 bits per heavy atom. The molecule has 0 aliphatic rings. The molecule has 0 N–H and O–H groups in total. The smallest absolute Gasteiger partial charge is 0.337 e. The third-order valence-electron chi connectivity index (χ3n) is 2.13. The summed E-state index contributed by atoms with van der Waals surface area (Å²) >= 11 is 0. The number of hydrogen-bond acceptors (Lipinski definition) is 4. The fraction of sp³-hybridized carbons (Fsp3) is 0.273. The Bertz CT molecular complexity index is 380. The van der Waals surface area contributed by atoms with Crippen molar-refractivity contribution >= 4 is 24.7 Å². The molecular weight excluding hydrogens is 207 g/mol. The Morgan fingerprint density at radius 3 is 1.75 bits per heavy atom. The largest absolute Gasteiger partial charge is 0.465 e. The highest BCUT2D eigenvalue weighted by molar-refractivity contribution is 6.52. The fourth-order valence-electron chi connectivity index (χ4n) is 1.29. The maximum atomic E-state index is 11.4. The van der Waals surface area contributed by atoms with Crippen molar-refractivity contribution in [1.29, 1.82) is 0 Å². The number of ether oxygens (including phenoxy) is 2. The van der Waals surface area contributed by atoms with Crippen LogP contribution in [0.1, 0.15) is 20.7 Å². The second-order valence-corrected chi connectivity index (χ2v) is 3.12. The van der Waals surface area contributed by atoms with Gasteiger partial charge in [-0.25, -0.2) is 9.59 Å². The molecule has 5 heteroatoms. The van der Waals surface area contributed by atoms with Crippen molar-refractivity contribution < 1.29 is 19.1 Å². The van der Waals surface area contributed by atoms with E-state index < -0.39 is 11.9 Å². The molecule has 0 aromatic heterocycles. The topological polar surface area (TPSA) is 52.6 Å². The highest BCUT2D eigenvalue weighted by atomic mass is 16.5. The Labute approximate surface area is 94.8 Å². The quantitative estimate of drug-likeness (QED) is 0.552. The van der Waals surface area contributed by atoms with Gasteiger partial charge in [-0.1, -0.05) is 24.4 Å². The van der Waals surface area contributed by atoms with Crippen molar-refractivity contribution in [3.8, 4) is 0 Å². The van der Waals surface area contributed by atoms with E-state index in [2.05, 4.69) is 9.47 Å². The summed E-state index contributed by atoms with van der Waals surface area (Å²) in [4.78, 5) is 22.7. The van der Waals surface area contributed by atoms with Gasteiger partial charge in [-0.3, -0.25) is 0 Å². The average Bonchev–Trinajstić information content (AvgIpc) is 2.35. The molecule has 0 spiro atoms. The van der Waals surface area contributed by atoms with E-state index in [9.17, 15) is 9.59 Å². The van der Waals surface area contributed by atoms with Crippen molar-refractivity contribution in [3.05, 3.63) is 29.3 Å². The van der Waals surface area contributed by atoms with Crippen LogP contribution in [0, 0.1) is 0 Å². The first-order chi connectivity index (χ1) is 7.62. The predicted molar refractivity (Wildman–Crippen MR) is 60.4 cm³/mol. The van der Waals surface area contributed by atoms with Gasteiger partial charge in [-0.05, 0) is 6.07 Å². The lowest BCUT2D eigenvalue weighted by Crippen LogP contribution is -2.17. The fourth-order valence-corrected chi connectivity index (χ4v) is 1.29. The zero-order chi connectivity index (χ0) is 12.1. The Morgan fingerprint density at radius 1 is 1.00 bits per heavy atom. The molecule has 1 radical (unpaired) electrons. The van der Waals surface area contributed by atoms with E-state index in [4.69, 9.17) is 0 Å². The van der Waals surface area contributed by atoms with Gasteiger partial charge in [-0.2, -0.15) is 0 Å². The summed E-state index contributed by atoms with van der Waals surface area (Å²) in [6, 6.07) is 4.75. The summed E-state index contributed by atoms with van der Waals surface area (Å²) in [6.45, 7) is 1.82. The van der Waals surface area contributed by atoms with Gasteiger partial charge in [0.1, 0.15) is 7.28 Å². The summed E-state index contributed by atoms with van der Waals surface area (Å²) < 4.78 is 9.20. The number of hydrogen-bond donors (Lipinski definition) is 0. The van der Waals surface area contributed by atoms with Gasteiger partial charge in [0, 0.05) is 0 Å². The van der Waals surface area contributed by atoms with Crippen LogP contribution in [0.15, 0.2) is 18.2 Å². The van der Waals surface area contributed by atoms with Crippen molar-refractivity contribution in [3.63, 3.8) is 0 Å². The second kappa shape index (κ2) is 5.35. The van der Waals surface area contributed by atoms with E-state index in [1.165, 1.54) is 20.3 Å². The second-order valence-electron chi connectivity index (χ2n) is 3.12. The SMILES string of the molecule is C[B]c1cc(C(=O)OC)cc(C(=O)OC)c1. The molecule has 1 aromatic rings. The maximum Gasteiger partial charge on any atom is 0.337 e. The van der Waals surface area contributed by atoms with Crippen LogP contribution in [-0.2, 0) is 9.47 Å². The summed E-state index contributed by atoms with van der Waals surface area (Å²) in [6.07, 6.45) is 0. The standard InChI is InChI=1S/C11H12BO4/c1-12-9-5-7(10(13)15-2)4-8(6-9)11(14)16-3/h4-6H,1-3H3. The van der Waals surface area contributed by atoms with Gasteiger partial charge in [-0.15, -0.1) is 0 Å². The van der Waals surface area contributed by atoms with E-state index in [0.29, 0.717) is 11.1 Å². The third-order valence-corrected chi connectivity index (χ3v) is 2.13. The van der Waals surface area contributed by atoms with Crippen LogP contribution in [0.5, 0.6) is 0 Å². The van der Waals surface area contributed by atoms with Gasteiger partial charge in [0.25, 0.3) is 0 Å². The molecule has 0 aliphatic heterocycles. The van der Waals surface area contributed by atoms with Crippen molar-refractivity contribution in [2.75, 3.05) is 14.2 Å². The number of carbonyl (C=O) groups is 2. The van der Waals surface area contributed by atoms with Gasteiger partial charge in [0.2, 0.25) is 0 Å². The highest BCUT2D eigenvalue weighted by Gasteiger charge is 2.12. The number of methoxy groups -OCH3 is 2. The summed E-state index contributed by atoms with van der Waals surface area (Å²) in [5.41, 5.74) is 1.43. The molecule has 1 rings (SSSR count). The molecule has 0 amide bonds. The minimum Gasteiger partial charge on any atom is -0.465 e. The molecule has 0 heterocycles. The Hall–Kier alpha value is -1.78. The Kier molecular flexibility index (Phi) is 4.11. The molecule has 0 saturated carbocycles. The first-order valence-electron chi connectivity index (χ1n) is 4.73. The maximum absolute atomic E-state index is 11.4. The van der Waals surface area contributed by atoms with E-state index in [0.717, 1.165) is 5.46 Å². The first-order valence-corrected chi connectivity index (χ1v) is 4.73. The molecule has 0 bridgehead atoms. The average molecular weight is 219 g/mol. The molecule has 0 saturated heterocycles. The first kappa shape index (κ1) is 12.3. The van der Waals surface area contributed by atoms with Crippen LogP contribution in [0.2, 0.25) is 6.82 Å². The molecule has 4 nitrogen and oxygen atoms in total. The van der Waals surface area contributed by atoms with Gasteiger partial charge in [0.05, 0.1) is 25.3 Å². The molecule has 0 aliphatic carbocycles. The van der Waals surface area contributed by atoms with Crippen LogP contribution >= 0.6 is 0 Å². The van der Waals surface area contributed by atoms with Gasteiger partial charge < -0.3 is 9.47 Å². The minimum atomic E-state index is -0.478. The lowest BCUT2D eigenvalue weighted by Gasteiger charge is -2.06. The lowest BCUT2D eigenvalue weighted by molar-refractivity contribution is 0.0599. The Balaban J connectivity index is 3.20. The normalized spacial score (nSPS) is 9.44. The van der Waals surface area contributed by atoms with E-state index >= 15 is 0 Å². The zero-order valence-electron chi connectivity index (χ0n) is 9.44. The summed E-state index contributed by atoms with van der Waals surface area (Å²) in [7, 11) is 4.38. The highest BCUT2D eigenvalue weighted by Crippen LogP contribution is 2.06. The van der Waals surface area contributed by atoms with E-state index in [1.807, 2.05) is 6.82 Å². The zero-order valence-corrected chi connectivity index (χ0v) is 9.44. The molecular formula is C11H12BO4. The van der Waals surface area contributed by atoms with Gasteiger partial charge >= 0.3 is 11.9 Å². The monoisotopic (exact) mass is 219 g/mol. The van der Waals surface area contributed by atoms with Crippen molar-refractivity contribution in [1.82, 2.24) is 0 Å².